The van der Waals surface area contributed by atoms with Crippen LogP contribution in [0.15, 0.2) is 54.6 Å². The Balaban J connectivity index is 1.71. The van der Waals surface area contributed by atoms with E-state index in [1.54, 1.807) is 38.1 Å². The SMILES string of the molecule is CC(O[Si](C)(C)C(C)(C)C)[C@@H]1NC(=O)[C@H]([C@@H](Cc2ccc(O[Si](C)(C)C(C)(C)C)cc2)O[Si](C)(C)C(C)(C)C)NC(=O)[C@@H]2C[C@@H](O[Si](C)(C)C(C)(C)C)CN2C(=O)[C@H](C(C)O[Si](C)(C)C(C)(C)C)NC(=O)C(NB2CO2)CCN(CC(=O)c2ccccc2)NC(=O)[C@@H]2[C@@H](O[Si](C)(C)C(C)(C)C)[C@@H](C)CN2C1=O. The summed E-state index contributed by atoms with van der Waals surface area (Å²) in [6.45, 7) is 68.7. The zero-order valence-electron chi connectivity index (χ0n) is 71.9. The molecular weight excluding hydrogens is 1450 g/mol. The molecule has 2 aromatic rings. The number of carbonyl (C=O) groups is 7. The van der Waals surface area contributed by atoms with Crippen molar-refractivity contribution in [2.75, 3.05) is 32.7 Å². The second-order valence-corrected chi connectivity index (χ2v) is 68.8. The predicted octanol–water partition coefficient (Wildman–Crippen LogP) is 13.1. The number of hydrazine groups is 1. The maximum atomic E-state index is 16.9. The monoisotopic (exact) mass is 1590 g/mol. The van der Waals surface area contributed by atoms with Crippen LogP contribution in [0.5, 0.6) is 5.75 Å². The molecule has 6 amide bonds. The van der Waals surface area contributed by atoms with Gasteiger partial charge in [-0.25, -0.2) is 5.01 Å². The second kappa shape index (κ2) is 33.8. The molecule has 22 nitrogen and oxygen atoms in total. The van der Waals surface area contributed by atoms with Gasteiger partial charge in [-0.15, -0.1) is 0 Å². The van der Waals surface area contributed by atoms with E-state index >= 15 is 28.8 Å². The van der Waals surface area contributed by atoms with Crippen molar-refractivity contribution in [1.29, 1.82) is 0 Å². The summed E-state index contributed by atoms with van der Waals surface area (Å²) in [5, 5.41) is 12.6. The van der Waals surface area contributed by atoms with E-state index in [0.29, 0.717) is 17.8 Å². The summed E-state index contributed by atoms with van der Waals surface area (Å²) in [5.41, 5.74) is 4.27. The highest BCUT2D eigenvalue weighted by Crippen LogP contribution is 2.45. The van der Waals surface area contributed by atoms with Crippen LogP contribution in [-0.4, -0.2) is 212 Å². The second-order valence-electron chi connectivity index (χ2n) is 40.3. The maximum absolute atomic E-state index is 16.9. The molecule has 5 N–H and O–H groups in total. The molecule has 29 heteroatoms. The topological polar surface area (TPSA) is 257 Å². The van der Waals surface area contributed by atoms with Crippen LogP contribution in [-0.2, 0) is 62.0 Å². The molecule has 4 heterocycles. The van der Waals surface area contributed by atoms with Gasteiger partial charge in [-0.2, -0.15) is 0 Å². The predicted molar refractivity (Wildman–Crippen MR) is 444 cm³/mol. The highest BCUT2D eigenvalue weighted by atomic mass is 28.4. The lowest BCUT2D eigenvalue weighted by Gasteiger charge is -2.43. The van der Waals surface area contributed by atoms with Gasteiger partial charge in [0.1, 0.15) is 36.0 Å². The first-order chi connectivity index (χ1) is 48.4. The van der Waals surface area contributed by atoms with E-state index in [0.717, 1.165) is 5.56 Å². The molecule has 4 saturated heterocycles. The summed E-state index contributed by atoms with van der Waals surface area (Å²) in [4.78, 5) is 116. The Morgan fingerprint density at radius 3 is 1.48 bits per heavy atom. The third-order valence-corrected chi connectivity index (χ3v) is 52.4. The summed E-state index contributed by atoms with van der Waals surface area (Å²) in [7, 11) is -16.9. The van der Waals surface area contributed by atoms with Gasteiger partial charge in [-0.3, -0.25) is 39.0 Å². The van der Waals surface area contributed by atoms with Gasteiger partial charge in [0, 0.05) is 37.5 Å². The molecule has 12 atom stereocenters. The molecule has 4 aliphatic heterocycles. The molecule has 4 aliphatic rings. The Morgan fingerprint density at radius 1 is 0.551 bits per heavy atom. The van der Waals surface area contributed by atoms with Gasteiger partial charge in [-0.1, -0.05) is 174 Å². The number of hydrogen-bond donors (Lipinski definition) is 5. The molecular formula is C78H141BN8O14Si6. The first-order valence-corrected chi connectivity index (χ1v) is 56.6. The van der Waals surface area contributed by atoms with Crippen molar-refractivity contribution in [2.45, 2.75) is 340 Å². The fourth-order valence-corrected chi connectivity index (χ4v) is 20.1. The zero-order valence-corrected chi connectivity index (χ0v) is 77.9. The first-order valence-electron chi connectivity index (χ1n) is 39.1. The molecule has 2 aromatic carbocycles. The number of nitrogens with one attached hydrogen (secondary N) is 5. The zero-order chi connectivity index (χ0) is 81.5. The molecule has 0 bridgehead atoms. The number of benzene rings is 2. The molecule has 0 aliphatic carbocycles. The van der Waals surface area contributed by atoms with E-state index in [4.69, 9.17) is 31.2 Å². The van der Waals surface area contributed by atoms with E-state index < -0.39 is 170 Å². The van der Waals surface area contributed by atoms with Gasteiger partial charge < -0.3 is 62.2 Å². The first kappa shape index (κ1) is 91.7. The lowest BCUT2D eigenvalue weighted by molar-refractivity contribution is -0.147. The Bertz CT molecular complexity index is 3430. The molecule has 0 spiro atoms. The van der Waals surface area contributed by atoms with Gasteiger partial charge in [0.15, 0.2) is 47.4 Å². The van der Waals surface area contributed by atoms with Gasteiger partial charge in [0.05, 0.1) is 49.6 Å². The van der Waals surface area contributed by atoms with Crippen molar-refractivity contribution >= 4 is 98.2 Å². The van der Waals surface area contributed by atoms with Crippen LogP contribution in [0, 0.1) is 5.92 Å². The summed E-state index contributed by atoms with van der Waals surface area (Å²) < 4.78 is 49.0. The van der Waals surface area contributed by atoms with Crippen LogP contribution < -0.4 is 31.0 Å². The molecule has 604 valence electrons. The van der Waals surface area contributed by atoms with Crippen LogP contribution in [0.25, 0.3) is 0 Å². The van der Waals surface area contributed by atoms with Gasteiger partial charge in [0.25, 0.3) is 5.91 Å². The Labute approximate surface area is 650 Å². The minimum atomic E-state index is -2.99. The average molecular weight is 1590 g/mol. The van der Waals surface area contributed by atoms with Crippen molar-refractivity contribution in [3.8, 4) is 5.75 Å². The number of hydrogen-bond acceptors (Lipinski definition) is 16. The summed E-state index contributed by atoms with van der Waals surface area (Å²) in [6, 6.07) is 8.22. The van der Waals surface area contributed by atoms with Crippen molar-refractivity contribution in [2.24, 2.45) is 5.92 Å². The van der Waals surface area contributed by atoms with E-state index in [2.05, 4.69) is 230 Å². The molecule has 3 unspecified atom stereocenters. The number of nitrogens with zero attached hydrogens (tertiary/aromatic N) is 3. The van der Waals surface area contributed by atoms with Crippen molar-refractivity contribution in [3.63, 3.8) is 0 Å². The van der Waals surface area contributed by atoms with Crippen molar-refractivity contribution < 1.29 is 64.8 Å². The highest BCUT2D eigenvalue weighted by Gasteiger charge is 2.56. The minimum Gasteiger partial charge on any atom is -0.544 e. The molecule has 107 heavy (non-hydrogen) atoms. The Hall–Kier alpha value is -4.22. The maximum Gasteiger partial charge on any atom is 0.405 e. The molecule has 0 aromatic heterocycles. The van der Waals surface area contributed by atoms with Crippen LogP contribution >= 0.6 is 0 Å². The third-order valence-electron chi connectivity index (χ3n) is 25.4. The van der Waals surface area contributed by atoms with Crippen LogP contribution in [0.2, 0.25) is 109 Å². The van der Waals surface area contributed by atoms with Crippen molar-refractivity contribution in [3.05, 3.63) is 65.7 Å². The smallest absolute Gasteiger partial charge is 0.405 e. The van der Waals surface area contributed by atoms with Gasteiger partial charge in [-0.05, 0) is 153 Å². The lowest BCUT2D eigenvalue weighted by Crippen LogP contribution is -2.66. The number of amides is 6. The van der Waals surface area contributed by atoms with E-state index in [-0.39, 0.29) is 76.4 Å². The average Bonchev–Trinajstić information content (AvgIpc) is 1.54. The number of fused-ring (bicyclic) bond motifs is 2. The lowest BCUT2D eigenvalue weighted by atomic mass is 9.93. The normalized spacial score (nSPS) is 25.1. The standard InChI is InChI=1S/C78H141BN8O14Si6/c1-51-47-87-65(66(51)101-107(32,33)78(19,20)21)70(92)84-85(49-60(88)55-37-35-34-36-38-55)44-43-58(83-79-50-95-79)67(89)80-62(52(2)96-102(22,23)73(4,5)6)71(93)86-48-57(99-105(28,29)76(13,14)15)46-59(86)68(90)82-64(69(91)81-63(72(87)94)53(3)97-103(24,25)74(7,8)9)61(100-106(30,31)77(16,17)18)45-54-39-41-56(42-40-54)98-104(26,27)75(10,11)12/h34-42,51-53,57-59,61-66,83H,43-50H2,1-33H3,(H,80,89)(H,81,91)(H,82,90)(H,84,92)/t51-,52?,53?,57+,58?,59-,61+,62-,63-,64-,65-,66-/m0/s1. The Kier molecular flexibility index (Phi) is 29.0. The van der Waals surface area contributed by atoms with Crippen LogP contribution in [0.3, 0.4) is 0 Å². The number of Topliss-reactive ketones (excluding diaryl/α,β-unsaturated/α-hetero) is 1. The van der Waals surface area contributed by atoms with Crippen molar-refractivity contribution in [1.82, 2.24) is 41.4 Å². The summed E-state index contributed by atoms with van der Waals surface area (Å²) >= 11 is 0. The number of ketones is 1. The summed E-state index contributed by atoms with van der Waals surface area (Å²) in [6.07, 6.45) is -4.66. The molecule has 6 rings (SSSR count). The molecule has 4 fully saturated rings. The fourth-order valence-electron chi connectivity index (χ4n) is 12.2. The van der Waals surface area contributed by atoms with Crippen LogP contribution in [0.4, 0.5) is 0 Å². The highest BCUT2D eigenvalue weighted by molar-refractivity contribution is 6.76. The number of rotatable bonds is 22. The fraction of sp³-hybridized carbons (Fsp3) is 0.756. The van der Waals surface area contributed by atoms with Crippen LogP contribution in [0.1, 0.15) is 174 Å². The number of carbonyl (C=O) groups excluding carboxylic acids is 7. The minimum absolute atomic E-state index is 0.0146. The van der Waals surface area contributed by atoms with E-state index in [1.807, 2.05) is 37.3 Å². The quantitative estimate of drug-likeness (QED) is 0.0417. The van der Waals surface area contributed by atoms with E-state index in [1.165, 1.54) is 14.8 Å². The summed E-state index contributed by atoms with van der Waals surface area (Å²) in [5.74, 6) is -4.06. The van der Waals surface area contributed by atoms with Gasteiger partial charge >= 0.3 is 7.05 Å². The Morgan fingerprint density at radius 2 is 1.00 bits per heavy atom. The largest absolute Gasteiger partial charge is 0.544 e. The molecule has 0 saturated carbocycles. The van der Waals surface area contributed by atoms with Gasteiger partial charge in [0.2, 0.25) is 37.9 Å². The van der Waals surface area contributed by atoms with E-state index in [9.17, 15) is 4.79 Å². The molecule has 0 radical (unpaired) electrons. The third kappa shape index (κ3) is 23.0.